The van der Waals surface area contributed by atoms with Crippen LogP contribution >= 0.6 is 0 Å². The fraction of sp³-hybridized carbons (Fsp3) is 0.250. The third-order valence-electron chi connectivity index (χ3n) is 4.89. The average molecular weight is 350 g/mol. The number of rotatable bonds is 3. The van der Waals surface area contributed by atoms with Crippen LogP contribution in [-0.4, -0.2) is 38.0 Å². The van der Waals surface area contributed by atoms with Gasteiger partial charge >= 0.3 is 5.97 Å². The van der Waals surface area contributed by atoms with Crippen LogP contribution < -0.4 is 9.80 Å². The molecule has 2 aliphatic rings. The smallest absolute Gasteiger partial charge is 0.337 e. The molecule has 0 aliphatic carbocycles. The van der Waals surface area contributed by atoms with Gasteiger partial charge in [0, 0.05) is 18.8 Å². The van der Waals surface area contributed by atoms with Gasteiger partial charge in [0.2, 0.25) is 0 Å². The Morgan fingerprint density at radius 2 is 1.50 bits per heavy atom. The maximum Gasteiger partial charge on any atom is 0.337 e. The fourth-order valence-corrected chi connectivity index (χ4v) is 3.50. The molecule has 0 radical (unpaired) electrons. The number of amides is 2. The van der Waals surface area contributed by atoms with Crippen LogP contribution in [0.2, 0.25) is 0 Å². The SMILES string of the molecule is COC(=O)c1ccc(N2C(=O)c3ccc(N4CCCC4)cc3C2=O)cc1. The molecular weight excluding hydrogens is 332 g/mol. The van der Waals surface area contributed by atoms with E-state index in [4.69, 9.17) is 0 Å². The monoisotopic (exact) mass is 350 g/mol. The summed E-state index contributed by atoms with van der Waals surface area (Å²) in [6, 6.07) is 11.7. The summed E-state index contributed by atoms with van der Waals surface area (Å²) < 4.78 is 4.67. The highest BCUT2D eigenvalue weighted by Crippen LogP contribution is 2.32. The van der Waals surface area contributed by atoms with Crippen LogP contribution in [0.4, 0.5) is 11.4 Å². The van der Waals surface area contributed by atoms with Crippen LogP contribution in [0.5, 0.6) is 0 Å². The van der Waals surface area contributed by atoms with Gasteiger partial charge in [-0.25, -0.2) is 9.69 Å². The maximum atomic E-state index is 12.8. The summed E-state index contributed by atoms with van der Waals surface area (Å²) in [6.07, 6.45) is 2.28. The third kappa shape index (κ3) is 2.54. The quantitative estimate of drug-likeness (QED) is 0.629. The number of imide groups is 1. The summed E-state index contributed by atoms with van der Waals surface area (Å²) in [7, 11) is 1.30. The second-order valence-corrected chi connectivity index (χ2v) is 6.41. The highest BCUT2D eigenvalue weighted by atomic mass is 16.5. The summed E-state index contributed by atoms with van der Waals surface area (Å²) in [6.45, 7) is 1.94. The van der Waals surface area contributed by atoms with Crippen molar-refractivity contribution in [2.45, 2.75) is 12.8 Å². The normalized spacial score (nSPS) is 16.2. The summed E-state index contributed by atoms with van der Waals surface area (Å²) in [5.74, 6) is -1.14. The van der Waals surface area contributed by atoms with Crippen molar-refractivity contribution in [3.05, 3.63) is 59.2 Å². The van der Waals surface area contributed by atoms with Crippen molar-refractivity contribution >= 4 is 29.2 Å². The molecule has 2 aromatic rings. The molecule has 1 saturated heterocycles. The van der Waals surface area contributed by atoms with E-state index >= 15 is 0 Å². The first-order valence-electron chi connectivity index (χ1n) is 8.56. The minimum absolute atomic E-state index is 0.336. The van der Waals surface area contributed by atoms with Crippen molar-refractivity contribution in [3.8, 4) is 0 Å². The number of methoxy groups -OCH3 is 1. The van der Waals surface area contributed by atoms with Crippen LogP contribution in [0.3, 0.4) is 0 Å². The van der Waals surface area contributed by atoms with Gasteiger partial charge in [0.05, 0.1) is 29.5 Å². The van der Waals surface area contributed by atoms with Crippen LogP contribution in [0.25, 0.3) is 0 Å². The van der Waals surface area contributed by atoms with Crippen LogP contribution in [-0.2, 0) is 4.74 Å². The molecule has 4 rings (SSSR count). The Hall–Kier alpha value is -3.15. The van der Waals surface area contributed by atoms with E-state index in [1.54, 1.807) is 30.3 Å². The predicted molar refractivity (Wildman–Crippen MR) is 96.8 cm³/mol. The molecular formula is C20H18N2O4. The van der Waals surface area contributed by atoms with Gasteiger partial charge in [-0.2, -0.15) is 0 Å². The van der Waals surface area contributed by atoms with Crippen molar-refractivity contribution in [1.82, 2.24) is 0 Å². The molecule has 0 saturated carbocycles. The first kappa shape index (κ1) is 16.3. The molecule has 0 atom stereocenters. The van der Waals surface area contributed by atoms with Gasteiger partial charge in [0.1, 0.15) is 0 Å². The van der Waals surface area contributed by atoms with Gasteiger partial charge in [-0.05, 0) is 55.3 Å². The second kappa shape index (κ2) is 6.29. The van der Waals surface area contributed by atoms with Crippen LogP contribution in [0.15, 0.2) is 42.5 Å². The molecule has 0 bridgehead atoms. The molecule has 6 nitrogen and oxygen atoms in total. The highest BCUT2D eigenvalue weighted by Gasteiger charge is 2.37. The van der Waals surface area contributed by atoms with Gasteiger partial charge in [0.15, 0.2) is 0 Å². The van der Waals surface area contributed by atoms with E-state index < -0.39 is 5.97 Å². The molecule has 26 heavy (non-hydrogen) atoms. The Morgan fingerprint density at radius 3 is 2.15 bits per heavy atom. The molecule has 0 aromatic heterocycles. The number of esters is 1. The minimum Gasteiger partial charge on any atom is -0.465 e. The number of carbonyl (C=O) groups is 3. The zero-order chi connectivity index (χ0) is 18.3. The van der Waals surface area contributed by atoms with E-state index in [0.29, 0.717) is 22.4 Å². The number of benzene rings is 2. The van der Waals surface area contributed by atoms with E-state index in [2.05, 4.69) is 9.64 Å². The number of ether oxygens (including phenoxy) is 1. The molecule has 1 fully saturated rings. The summed E-state index contributed by atoms with van der Waals surface area (Å²) in [5.41, 5.74) is 2.62. The zero-order valence-electron chi connectivity index (χ0n) is 14.4. The fourth-order valence-electron chi connectivity index (χ4n) is 3.50. The lowest BCUT2D eigenvalue weighted by molar-refractivity contribution is 0.0600. The standard InChI is InChI=1S/C20H18N2O4/c1-26-20(25)13-4-6-14(7-5-13)22-18(23)16-9-8-15(12-17(16)19(22)24)21-10-2-3-11-21/h4-9,12H,2-3,10-11H2,1H3. The second-order valence-electron chi connectivity index (χ2n) is 6.41. The number of hydrogen-bond donors (Lipinski definition) is 0. The number of carbonyl (C=O) groups excluding carboxylic acids is 3. The summed E-state index contributed by atoms with van der Waals surface area (Å²) in [5, 5.41) is 0. The lowest BCUT2D eigenvalue weighted by atomic mass is 10.1. The molecule has 2 aromatic carbocycles. The van der Waals surface area contributed by atoms with Crippen LogP contribution in [0, 0.1) is 0 Å². The number of hydrogen-bond acceptors (Lipinski definition) is 5. The molecule has 132 valence electrons. The lowest BCUT2D eigenvalue weighted by Crippen LogP contribution is -2.29. The summed E-state index contributed by atoms with van der Waals surface area (Å²) >= 11 is 0. The van der Waals surface area contributed by atoms with E-state index in [0.717, 1.165) is 36.5 Å². The van der Waals surface area contributed by atoms with Crippen LogP contribution in [0.1, 0.15) is 43.9 Å². The molecule has 2 amide bonds. The third-order valence-corrected chi connectivity index (χ3v) is 4.89. The van der Waals surface area contributed by atoms with Crippen molar-refractivity contribution in [1.29, 1.82) is 0 Å². The largest absolute Gasteiger partial charge is 0.465 e. The maximum absolute atomic E-state index is 12.8. The Labute approximate surface area is 151 Å². The average Bonchev–Trinajstić information content (AvgIpc) is 3.29. The Morgan fingerprint density at radius 1 is 0.885 bits per heavy atom. The molecule has 0 N–H and O–H groups in total. The van der Waals surface area contributed by atoms with Crippen molar-refractivity contribution < 1.29 is 19.1 Å². The van der Waals surface area contributed by atoms with E-state index in [9.17, 15) is 14.4 Å². The first-order valence-corrected chi connectivity index (χ1v) is 8.56. The molecule has 0 unspecified atom stereocenters. The number of nitrogens with zero attached hydrogens (tertiary/aromatic N) is 2. The van der Waals surface area contributed by atoms with E-state index in [1.807, 2.05) is 12.1 Å². The van der Waals surface area contributed by atoms with Gasteiger partial charge in [0.25, 0.3) is 11.8 Å². The molecule has 2 aliphatic heterocycles. The predicted octanol–water partition coefficient (Wildman–Crippen LogP) is 2.87. The van der Waals surface area contributed by atoms with Crippen molar-refractivity contribution in [3.63, 3.8) is 0 Å². The Bertz CT molecular complexity index is 899. The zero-order valence-corrected chi connectivity index (χ0v) is 14.4. The molecule has 6 heteroatoms. The number of fused-ring (bicyclic) bond motifs is 1. The van der Waals surface area contributed by atoms with Gasteiger partial charge in [-0.1, -0.05) is 0 Å². The van der Waals surface area contributed by atoms with E-state index in [-0.39, 0.29) is 11.8 Å². The topological polar surface area (TPSA) is 66.9 Å². The molecule has 2 heterocycles. The first-order chi connectivity index (χ1) is 12.6. The Balaban J connectivity index is 1.65. The van der Waals surface area contributed by atoms with Crippen molar-refractivity contribution in [2.75, 3.05) is 30.0 Å². The highest BCUT2D eigenvalue weighted by molar-refractivity contribution is 6.34. The van der Waals surface area contributed by atoms with Gasteiger partial charge in [-0.15, -0.1) is 0 Å². The summed E-state index contributed by atoms with van der Waals surface area (Å²) in [4.78, 5) is 40.5. The minimum atomic E-state index is -0.464. The van der Waals surface area contributed by atoms with Gasteiger partial charge < -0.3 is 9.64 Å². The molecule has 0 spiro atoms. The lowest BCUT2D eigenvalue weighted by Gasteiger charge is -2.17. The van der Waals surface area contributed by atoms with E-state index in [1.165, 1.54) is 7.11 Å². The van der Waals surface area contributed by atoms with Gasteiger partial charge in [-0.3, -0.25) is 9.59 Å². The van der Waals surface area contributed by atoms with Crippen molar-refractivity contribution in [2.24, 2.45) is 0 Å². The number of anilines is 2. The Kier molecular flexibility index (Phi) is 3.95.